The first-order chi connectivity index (χ1) is 13.1. The van der Waals surface area contributed by atoms with Crippen LogP contribution in [0.4, 0.5) is 0 Å². The molecule has 1 fully saturated rings. The summed E-state index contributed by atoms with van der Waals surface area (Å²) in [6.45, 7) is 12.7. The van der Waals surface area contributed by atoms with Gasteiger partial charge in [0.1, 0.15) is 5.75 Å². The van der Waals surface area contributed by atoms with E-state index >= 15 is 0 Å². The van der Waals surface area contributed by atoms with Gasteiger partial charge in [0.2, 0.25) is 0 Å². The van der Waals surface area contributed by atoms with Crippen molar-refractivity contribution in [1.82, 2.24) is 4.98 Å². The molecule has 0 aliphatic carbocycles. The summed E-state index contributed by atoms with van der Waals surface area (Å²) in [6.07, 6.45) is -0.150. The van der Waals surface area contributed by atoms with Crippen molar-refractivity contribution < 1.29 is 18.8 Å². The lowest BCUT2D eigenvalue weighted by atomic mass is 9.78. The minimum absolute atomic E-state index is 0.150. The van der Waals surface area contributed by atoms with Gasteiger partial charge >= 0.3 is 7.12 Å². The lowest BCUT2D eigenvalue weighted by Gasteiger charge is -2.32. The molecule has 0 bridgehead atoms. The molecule has 1 atom stereocenters. The van der Waals surface area contributed by atoms with Gasteiger partial charge in [0, 0.05) is 5.69 Å². The van der Waals surface area contributed by atoms with Crippen LogP contribution in [0.3, 0.4) is 0 Å². The van der Waals surface area contributed by atoms with Gasteiger partial charge in [-0.05, 0) is 76.8 Å². The zero-order chi connectivity index (χ0) is 20.5. The van der Waals surface area contributed by atoms with E-state index in [2.05, 4.69) is 32.7 Å². The highest BCUT2D eigenvalue weighted by molar-refractivity contribution is 6.62. The molecule has 6 heteroatoms. The van der Waals surface area contributed by atoms with E-state index in [1.54, 1.807) is 7.11 Å². The molecule has 0 amide bonds. The number of hydrogen-bond donors (Lipinski definition) is 0. The fraction of sp³-hybridized carbons (Fsp3) is 0.500. The maximum absolute atomic E-state index is 6.19. The number of aryl methyl sites for hydroxylation is 1. The van der Waals surface area contributed by atoms with Gasteiger partial charge in [0.15, 0.2) is 0 Å². The number of pyridine rings is 1. The third kappa shape index (κ3) is 4.40. The third-order valence-electron chi connectivity index (χ3n) is 5.60. The average molecular weight is 383 g/mol. The van der Waals surface area contributed by atoms with Gasteiger partial charge in [0.05, 0.1) is 36.7 Å². The largest absolute Gasteiger partial charge is 0.497 e. The van der Waals surface area contributed by atoms with Crippen molar-refractivity contribution in [3.8, 4) is 5.75 Å². The van der Waals surface area contributed by atoms with E-state index in [1.165, 1.54) is 0 Å². The zero-order valence-corrected chi connectivity index (χ0v) is 17.9. The molecule has 1 aliphatic rings. The standard InChI is InChI=1S/C22H30BNO4/c1-15-12-18(23-27-21(3,4)22(5,6)28-23)13-20(24-15)16(2)26-14-17-8-10-19(25-7)11-9-17/h8-13,16H,14H2,1-7H3. The van der Waals surface area contributed by atoms with Crippen LogP contribution in [0.15, 0.2) is 36.4 Å². The Hall–Kier alpha value is -1.89. The Morgan fingerprint density at radius 1 is 1.04 bits per heavy atom. The first-order valence-corrected chi connectivity index (χ1v) is 9.70. The minimum Gasteiger partial charge on any atom is -0.497 e. The second kappa shape index (κ2) is 7.86. The van der Waals surface area contributed by atoms with Gasteiger partial charge in [0.25, 0.3) is 0 Å². The Kier molecular flexibility index (Phi) is 5.85. The van der Waals surface area contributed by atoms with E-state index in [-0.39, 0.29) is 17.3 Å². The molecule has 1 aliphatic heterocycles. The van der Waals surface area contributed by atoms with E-state index in [9.17, 15) is 0 Å². The number of hydrogen-bond acceptors (Lipinski definition) is 5. The quantitative estimate of drug-likeness (QED) is 0.707. The SMILES string of the molecule is COc1ccc(COC(C)c2cc(B3OC(C)(C)C(C)(C)O3)cc(C)n2)cc1. The summed E-state index contributed by atoms with van der Waals surface area (Å²) in [5.41, 5.74) is 3.12. The molecular weight excluding hydrogens is 353 g/mol. The molecule has 2 heterocycles. The van der Waals surface area contributed by atoms with Crippen LogP contribution in [-0.2, 0) is 20.7 Å². The van der Waals surface area contributed by atoms with Gasteiger partial charge in [-0.15, -0.1) is 0 Å². The molecule has 0 spiro atoms. The van der Waals surface area contributed by atoms with Crippen molar-refractivity contribution in [3.63, 3.8) is 0 Å². The van der Waals surface area contributed by atoms with Gasteiger partial charge in [-0.3, -0.25) is 4.98 Å². The van der Waals surface area contributed by atoms with E-state index in [0.29, 0.717) is 6.61 Å². The molecule has 150 valence electrons. The van der Waals surface area contributed by atoms with Crippen molar-refractivity contribution >= 4 is 12.6 Å². The van der Waals surface area contributed by atoms with Crippen molar-refractivity contribution in [2.75, 3.05) is 7.11 Å². The normalized spacial score (nSPS) is 18.9. The molecule has 28 heavy (non-hydrogen) atoms. The number of nitrogens with zero attached hydrogens (tertiary/aromatic N) is 1. The lowest BCUT2D eigenvalue weighted by molar-refractivity contribution is 0.00578. The summed E-state index contributed by atoms with van der Waals surface area (Å²) in [5.74, 6) is 0.837. The molecule has 0 N–H and O–H groups in total. The number of ether oxygens (including phenoxy) is 2. The number of rotatable bonds is 6. The number of aromatic nitrogens is 1. The first kappa shape index (κ1) is 20.8. The predicted molar refractivity (Wildman–Crippen MR) is 111 cm³/mol. The molecule has 1 aromatic carbocycles. The highest BCUT2D eigenvalue weighted by Gasteiger charge is 2.51. The van der Waals surface area contributed by atoms with E-state index in [0.717, 1.165) is 28.2 Å². The van der Waals surface area contributed by atoms with Gasteiger partial charge in [-0.25, -0.2) is 0 Å². The maximum atomic E-state index is 6.19. The van der Waals surface area contributed by atoms with Crippen LogP contribution in [0.25, 0.3) is 0 Å². The van der Waals surface area contributed by atoms with Crippen molar-refractivity contribution in [2.45, 2.75) is 65.5 Å². The summed E-state index contributed by atoms with van der Waals surface area (Å²) >= 11 is 0. The smallest absolute Gasteiger partial charge is 0.494 e. The Morgan fingerprint density at radius 2 is 1.64 bits per heavy atom. The maximum Gasteiger partial charge on any atom is 0.494 e. The second-order valence-electron chi connectivity index (χ2n) is 8.36. The van der Waals surface area contributed by atoms with Crippen LogP contribution in [0, 0.1) is 6.92 Å². The van der Waals surface area contributed by atoms with Crippen LogP contribution < -0.4 is 10.2 Å². The van der Waals surface area contributed by atoms with E-state index in [1.807, 2.05) is 50.2 Å². The van der Waals surface area contributed by atoms with Gasteiger partial charge in [-0.2, -0.15) is 0 Å². The number of benzene rings is 1. The zero-order valence-electron chi connectivity index (χ0n) is 17.9. The highest BCUT2D eigenvalue weighted by Crippen LogP contribution is 2.36. The summed E-state index contributed by atoms with van der Waals surface area (Å²) in [4.78, 5) is 4.66. The molecule has 3 rings (SSSR count). The monoisotopic (exact) mass is 383 g/mol. The Morgan fingerprint density at radius 3 is 2.21 bits per heavy atom. The summed E-state index contributed by atoms with van der Waals surface area (Å²) < 4.78 is 23.6. The average Bonchev–Trinajstić information content (AvgIpc) is 2.87. The molecule has 0 saturated carbocycles. The third-order valence-corrected chi connectivity index (χ3v) is 5.60. The fourth-order valence-corrected chi connectivity index (χ4v) is 3.07. The molecule has 1 unspecified atom stereocenters. The summed E-state index contributed by atoms with van der Waals surface area (Å²) in [5, 5.41) is 0. The van der Waals surface area contributed by atoms with Crippen molar-refractivity contribution in [3.05, 3.63) is 53.3 Å². The molecular formula is C22H30BNO4. The Balaban J connectivity index is 1.72. The molecule has 1 saturated heterocycles. The van der Waals surface area contributed by atoms with Crippen molar-refractivity contribution in [1.29, 1.82) is 0 Å². The van der Waals surface area contributed by atoms with Crippen molar-refractivity contribution in [2.24, 2.45) is 0 Å². The second-order valence-corrected chi connectivity index (χ2v) is 8.36. The topological polar surface area (TPSA) is 49.8 Å². The fourth-order valence-electron chi connectivity index (χ4n) is 3.07. The van der Waals surface area contributed by atoms with Crippen LogP contribution in [-0.4, -0.2) is 30.4 Å². The summed E-state index contributed by atoms with van der Waals surface area (Å²) in [6, 6.07) is 11.9. The van der Waals surface area contributed by atoms with E-state index in [4.69, 9.17) is 18.8 Å². The van der Waals surface area contributed by atoms with Crippen LogP contribution in [0.2, 0.25) is 0 Å². The van der Waals surface area contributed by atoms with Crippen LogP contribution in [0.5, 0.6) is 5.75 Å². The van der Waals surface area contributed by atoms with Crippen LogP contribution in [0.1, 0.15) is 57.7 Å². The number of methoxy groups -OCH3 is 1. The Labute approximate surface area is 168 Å². The Bertz CT molecular complexity index is 804. The van der Waals surface area contributed by atoms with Gasteiger partial charge in [-0.1, -0.05) is 12.1 Å². The summed E-state index contributed by atoms with van der Waals surface area (Å²) in [7, 11) is 1.26. The van der Waals surface area contributed by atoms with E-state index < -0.39 is 7.12 Å². The lowest BCUT2D eigenvalue weighted by Crippen LogP contribution is -2.41. The molecule has 0 radical (unpaired) electrons. The minimum atomic E-state index is -0.403. The highest BCUT2D eigenvalue weighted by atomic mass is 16.7. The molecule has 5 nitrogen and oxygen atoms in total. The molecule has 1 aromatic heterocycles. The molecule has 2 aromatic rings. The predicted octanol–water partition coefficient (Wildman–Crippen LogP) is 3.98. The van der Waals surface area contributed by atoms with Crippen LogP contribution >= 0.6 is 0 Å². The first-order valence-electron chi connectivity index (χ1n) is 9.70. The van der Waals surface area contributed by atoms with Gasteiger partial charge < -0.3 is 18.8 Å².